The predicted octanol–water partition coefficient (Wildman–Crippen LogP) is 3.78. The summed E-state index contributed by atoms with van der Waals surface area (Å²) in [5.41, 5.74) is 3.79. The summed E-state index contributed by atoms with van der Waals surface area (Å²) in [6, 6.07) is 16.1. The molecule has 0 radical (unpaired) electrons. The van der Waals surface area contributed by atoms with Crippen molar-refractivity contribution in [3.63, 3.8) is 0 Å². The van der Waals surface area contributed by atoms with E-state index in [-0.39, 0.29) is 18.6 Å². The smallest absolute Gasteiger partial charge is 0.246 e. The van der Waals surface area contributed by atoms with E-state index in [1.807, 2.05) is 70.2 Å². The summed E-state index contributed by atoms with van der Waals surface area (Å²) in [7, 11) is 0. The normalized spacial score (nSPS) is 17.5. The molecule has 1 aliphatic heterocycles. The van der Waals surface area contributed by atoms with Crippen LogP contribution in [-0.2, 0) is 4.79 Å². The van der Waals surface area contributed by atoms with Crippen LogP contribution in [0, 0.1) is 0 Å². The zero-order chi connectivity index (χ0) is 19.3. The highest BCUT2D eigenvalue weighted by molar-refractivity contribution is 5.95. The van der Waals surface area contributed by atoms with Gasteiger partial charge in [-0.25, -0.2) is 4.52 Å². The van der Waals surface area contributed by atoms with Crippen LogP contribution in [0.15, 0.2) is 60.8 Å². The zero-order valence-electron chi connectivity index (χ0n) is 15.9. The van der Waals surface area contributed by atoms with Crippen molar-refractivity contribution in [2.24, 2.45) is 0 Å². The number of rotatable bonds is 5. The molecule has 3 aromatic rings. The largest absolute Gasteiger partial charge is 0.396 e. The second-order valence-electron chi connectivity index (χ2n) is 7.19. The molecule has 1 atom stereocenters. The van der Waals surface area contributed by atoms with Gasteiger partial charge in [-0.05, 0) is 43.9 Å². The summed E-state index contributed by atoms with van der Waals surface area (Å²) in [6.45, 7) is 0.874. The minimum atomic E-state index is 0.00689. The molecule has 1 N–H and O–H groups in total. The number of piperidine rings is 1. The van der Waals surface area contributed by atoms with Crippen LogP contribution < -0.4 is 0 Å². The van der Waals surface area contributed by atoms with Gasteiger partial charge in [0, 0.05) is 42.6 Å². The van der Waals surface area contributed by atoms with E-state index in [2.05, 4.69) is 0 Å². The van der Waals surface area contributed by atoms with Gasteiger partial charge < -0.3 is 10.0 Å². The lowest BCUT2D eigenvalue weighted by Crippen LogP contribution is -2.43. The van der Waals surface area contributed by atoms with Gasteiger partial charge in [0.15, 0.2) is 0 Å². The Morgan fingerprint density at radius 3 is 2.79 bits per heavy atom. The van der Waals surface area contributed by atoms with Gasteiger partial charge in [-0.1, -0.05) is 36.4 Å². The molecule has 144 valence electrons. The second kappa shape index (κ2) is 8.40. The van der Waals surface area contributed by atoms with Gasteiger partial charge in [0.25, 0.3) is 0 Å². The first-order chi connectivity index (χ1) is 13.8. The number of likely N-dealkylation sites (tertiary alicyclic amines) is 1. The third-order valence-electron chi connectivity index (χ3n) is 5.39. The van der Waals surface area contributed by atoms with Gasteiger partial charge in [-0.2, -0.15) is 5.10 Å². The fourth-order valence-corrected chi connectivity index (χ4v) is 3.98. The molecule has 1 saturated heterocycles. The van der Waals surface area contributed by atoms with Gasteiger partial charge in [-0.15, -0.1) is 0 Å². The molecule has 5 nitrogen and oxygen atoms in total. The standard InChI is InChI=1S/C23H25N3O2/c27-17-14-19-10-4-6-15-25(19)22(28)13-12-20-21-11-5-7-16-26(21)24-23(20)18-8-2-1-3-9-18/h1-3,5,7-9,11-13,16,19,27H,4,6,10,14-15,17H2/t19-/m1/s1. The van der Waals surface area contributed by atoms with Crippen LogP contribution in [0.4, 0.5) is 0 Å². The lowest BCUT2D eigenvalue weighted by molar-refractivity contribution is -0.129. The summed E-state index contributed by atoms with van der Waals surface area (Å²) < 4.78 is 1.85. The molecule has 1 aliphatic rings. The molecule has 4 rings (SSSR count). The molecule has 2 aromatic heterocycles. The third kappa shape index (κ3) is 3.71. The summed E-state index contributed by atoms with van der Waals surface area (Å²) in [5.74, 6) is 0.00689. The van der Waals surface area contributed by atoms with E-state index >= 15 is 0 Å². The number of nitrogens with zero attached hydrogens (tertiary/aromatic N) is 3. The Labute approximate surface area is 164 Å². The summed E-state index contributed by atoms with van der Waals surface area (Å²) in [4.78, 5) is 14.8. The van der Waals surface area contributed by atoms with Crippen molar-refractivity contribution in [2.75, 3.05) is 13.2 Å². The lowest BCUT2D eigenvalue weighted by atomic mass is 9.99. The Balaban J connectivity index is 1.68. The van der Waals surface area contributed by atoms with Crippen LogP contribution in [0.5, 0.6) is 0 Å². The van der Waals surface area contributed by atoms with Crippen molar-refractivity contribution in [3.05, 3.63) is 66.4 Å². The van der Waals surface area contributed by atoms with E-state index in [9.17, 15) is 9.90 Å². The maximum absolute atomic E-state index is 12.9. The average molecular weight is 375 g/mol. The van der Waals surface area contributed by atoms with Gasteiger partial charge in [0.2, 0.25) is 5.91 Å². The molecule has 0 spiro atoms. The zero-order valence-corrected chi connectivity index (χ0v) is 15.9. The highest BCUT2D eigenvalue weighted by Gasteiger charge is 2.25. The summed E-state index contributed by atoms with van der Waals surface area (Å²) in [6.07, 6.45) is 9.21. The molecule has 3 heterocycles. The quantitative estimate of drug-likeness (QED) is 0.691. The number of pyridine rings is 1. The number of amides is 1. The van der Waals surface area contributed by atoms with Crippen molar-refractivity contribution in [1.29, 1.82) is 0 Å². The Bertz CT molecular complexity index is 976. The number of aliphatic hydroxyl groups is 1. The first kappa shape index (κ1) is 18.4. The van der Waals surface area contributed by atoms with Crippen molar-refractivity contribution in [1.82, 2.24) is 14.5 Å². The number of aliphatic hydroxyl groups excluding tert-OH is 1. The number of fused-ring (bicyclic) bond motifs is 1. The number of carbonyl (C=O) groups is 1. The maximum atomic E-state index is 12.9. The number of aromatic nitrogens is 2. The average Bonchev–Trinajstić information content (AvgIpc) is 3.12. The lowest BCUT2D eigenvalue weighted by Gasteiger charge is -2.34. The molecular weight excluding hydrogens is 350 g/mol. The molecule has 0 bridgehead atoms. The Kier molecular flexibility index (Phi) is 5.53. The summed E-state index contributed by atoms with van der Waals surface area (Å²) in [5, 5.41) is 14.0. The molecular formula is C23H25N3O2. The van der Waals surface area contributed by atoms with Crippen molar-refractivity contribution in [2.45, 2.75) is 31.7 Å². The summed E-state index contributed by atoms with van der Waals surface area (Å²) >= 11 is 0. The highest BCUT2D eigenvalue weighted by Crippen LogP contribution is 2.27. The van der Waals surface area contributed by atoms with Crippen LogP contribution in [0.25, 0.3) is 22.9 Å². The SMILES string of the molecule is O=C(C=Cc1c(-c2ccccc2)nn2ccccc12)N1CCCC[C@@H]1CCO. The fourth-order valence-electron chi connectivity index (χ4n) is 3.98. The highest BCUT2D eigenvalue weighted by atomic mass is 16.3. The first-order valence-electron chi connectivity index (χ1n) is 9.90. The minimum Gasteiger partial charge on any atom is -0.396 e. The Hall–Kier alpha value is -2.92. The van der Waals surface area contributed by atoms with E-state index < -0.39 is 0 Å². The monoisotopic (exact) mass is 375 g/mol. The molecule has 28 heavy (non-hydrogen) atoms. The van der Waals surface area contributed by atoms with Crippen molar-refractivity contribution in [3.8, 4) is 11.3 Å². The van der Waals surface area contributed by atoms with E-state index in [0.717, 1.165) is 48.1 Å². The van der Waals surface area contributed by atoms with E-state index in [1.165, 1.54) is 0 Å². The van der Waals surface area contributed by atoms with Gasteiger partial charge in [-0.3, -0.25) is 4.79 Å². The number of hydrogen-bond donors (Lipinski definition) is 1. The van der Waals surface area contributed by atoms with Crippen LogP contribution in [0.2, 0.25) is 0 Å². The van der Waals surface area contributed by atoms with Crippen molar-refractivity contribution < 1.29 is 9.90 Å². The number of carbonyl (C=O) groups excluding carboxylic acids is 1. The topological polar surface area (TPSA) is 57.8 Å². The Morgan fingerprint density at radius 1 is 1.14 bits per heavy atom. The van der Waals surface area contributed by atoms with E-state index in [4.69, 9.17) is 5.10 Å². The Morgan fingerprint density at radius 2 is 1.96 bits per heavy atom. The van der Waals surface area contributed by atoms with Crippen molar-refractivity contribution >= 4 is 17.5 Å². The molecule has 0 saturated carbocycles. The molecule has 1 amide bonds. The second-order valence-corrected chi connectivity index (χ2v) is 7.19. The van der Waals surface area contributed by atoms with Gasteiger partial charge in [0.05, 0.1) is 5.52 Å². The van der Waals surface area contributed by atoms with Gasteiger partial charge >= 0.3 is 0 Å². The number of hydrogen-bond acceptors (Lipinski definition) is 3. The molecule has 1 aromatic carbocycles. The fraction of sp³-hybridized carbons (Fsp3) is 0.304. The molecule has 5 heteroatoms. The minimum absolute atomic E-state index is 0.00689. The van der Waals surface area contributed by atoms with E-state index in [1.54, 1.807) is 6.08 Å². The molecule has 0 aliphatic carbocycles. The molecule has 1 fully saturated rings. The van der Waals surface area contributed by atoms with Crippen LogP contribution >= 0.6 is 0 Å². The number of benzene rings is 1. The van der Waals surface area contributed by atoms with Gasteiger partial charge in [0.1, 0.15) is 5.69 Å². The van der Waals surface area contributed by atoms with Crippen LogP contribution in [0.3, 0.4) is 0 Å². The predicted molar refractivity (Wildman–Crippen MR) is 111 cm³/mol. The third-order valence-corrected chi connectivity index (χ3v) is 5.39. The maximum Gasteiger partial charge on any atom is 0.246 e. The van der Waals surface area contributed by atoms with E-state index in [0.29, 0.717) is 6.42 Å². The van der Waals surface area contributed by atoms with Crippen LogP contribution in [-0.4, -0.2) is 44.7 Å². The first-order valence-corrected chi connectivity index (χ1v) is 9.90. The molecule has 0 unspecified atom stereocenters. The van der Waals surface area contributed by atoms with Crippen LogP contribution in [0.1, 0.15) is 31.2 Å².